The third-order valence-electron chi connectivity index (χ3n) is 3.87. The van der Waals surface area contributed by atoms with Crippen LogP contribution in [-0.2, 0) is 17.9 Å². The number of hydrogen-bond acceptors (Lipinski definition) is 4. The predicted octanol–water partition coefficient (Wildman–Crippen LogP) is 0.437. The number of amides is 2. The molecule has 0 radical (unpaired) electrons. The van der Waals surface area contributed by atoms with Crippen molar-refractivity contribution in [2.45, 2.75) is 20.0 Å². The molecule has 2 heterocycles. The molecule has 0 aliphatic carbocycles. The molecule has 0 unspecified atom stereocenters. The highest BCUT2D eigenvalue weighted by atomic mass is 19.2. The van der Waals surface area contributed by atoms with Gasteiger partial charge in [-0.3, -0.25) is 14.2 Å². The third kappa shape index (κ3) is 3.14. The van der Waals surface area contributed by atoms with Crippen LogP contribution in [0.5, 0.6) is 0 Å². The second-order valence-corrected chi connectivity index (χ2v) is 5.48. The number of carbonyl (C=O) groups excluding carboxylic acids is 2. The Balaban J connectivity index is 1.77. The lowest BCUT2D eigenvalue weighted by Gasteiger charge is -2.24. The summed E-state index contributed by atoms with van der Waals surface area (Å²) in [5.41, 5.74) is -0.520. The van der Waals surface area contributed by atoms with E-state index in [0.717, 1.165) is 16.8 Å². The van der Waals surface area contributed by atoms with Crippen LogP contribution in [0.25, 0.3) is 0 Å². The minimum Gasteiger partial charge on any atom is -0.334 e. The van der Waals surface area contributed by atoms with Gasteiger partial charge in [0.05, 0.1) is 0 Å². The fourth-order valence-corrected chi connectivity index (χ4v) is 2.58. The smallest absolute Gasteiger partial charge is 0.334 e. The van der Waals surface area contributed by atoms with E-state index >= 15 is 0 Å². The maximum absolute atomic E-state index is 13.1. The van der Waals surface area contributed by atoms with Crippen LogP contribution in [0.1, 0.15) is 17.5 Å². The van der Waals surface area contributed by atoms with Gasteiger partial charge in [-0.2, -0.15) is 0 Å². The number of nitrogens with one attached hydrogen (secondary N) is 1. The molecule has 8 nitrogen and oxygen atoms in total. The van der Waals surface area contributed by atoms with Gasteiger partial charge in [0.15, 0.2) is 11.6 Å². The van der Waals surface area contributed by atoms with Gasteiger partial charge in [0.2, 0.25) is 11.7 Å². The molecule has 132 valence electrons. The topological polar surface area (TPSA) is 89.2 Å². The van der Waals surface area contributed by atoms with Gasteiger partial charge in [0.25, 0.3) is 5.91 Å². The molecule has 0 fully saturated rings. The lowest BCUT2D eigenvalue weighted by atomic mass is 10.3. The van der Waals surface area contributed by atoms with E-state index in [2.05, 4.69) is 10.4 Å². The first kappa shape index (κ1) is 16.8. The predicted molar refractivity (Wildman–Crippen MR) is 83.1 cm³/mol. The summed E-state index contributed by atoms with van der Waals surface area (Å²) >= 11 is 0. The summed E-state index contributed by atoms with van der Waals surface area (Å²) in [5.74, 6) is -3.17. The van der Waals surface area contributed by atoms with E-state index in [1.165, 1.54) is 10.6 Å². The van der Waals surface area contributed by atoms with Crippen LogP contribution in [0.2, 0.25) is 0 Å². The Hall–Kier alpha value is -3.04. The Morgan fingerprint density at radius 2 is 2.00 bits per heavy atom. The van der Waals surface area contributed by atoms with Crippen molar-refractivity contribution in [1.82, 2.24) is 19.2 Å². The van der Waals surface area contributed by atoms with E-state index in [1.54, 1.807) is 4.90 Å². The molecule has 0 bridgehead atoms. The van der Waals surface area contributed by atoms with Gasteiger partial charge in [-0.1, -0.05) is 0 Å². The number of halogens is 2. The normalized spacial score (nSPS) is 13.7. The number of hydrogen-bond donors (Lipinski definition) is 1. The van der Waals surface area contributed by atoms with Crippen LogP contribution in [0.4, 0.5) is 14.5 Å². The molecule has 1 aliphatic rings. The zero-order chi connectivity index (χ0) is 18.1. The molecular weight excluding hydrogens is 336 g/mol. The van der Waals surface area contributed by atoms with Gasteiger partial charge in [-0.05, 0) is 19.1 Å². The summed E-state index contributed by atoms with van der Waals surface area (Å²) < 4.78 is 28.1. The highest BCUT2D eigenvalue weighted by Gasteiger charge is 2.28. The molecule has 3 rings (SSSR count). The number of likely N-dealkylation sites (N-methyl/N-ethyl adjacent to an activating group) is 1. The van der Waals surface area contributed by atoms with Crippen LogP contribution in [0.3, 0.4) is 0 Å². The lowest BCUT2D eigenvalue weighted by molar-refractivity contribution is -0.117. The fraction of sp³-hybridized carbons (Fsp3) is 0.333. The summed E-state index contributed by atoms with van der Waals surface area (Å²) in [7, 11) is 0. The molecule has 10 heteroatoms. The van der Waals surface area contributed by atoms with E-state index in [9.17, 15) is 23.2 Å². The minimum absolute atomic E-state index is 0.0151. The van der Waals surface area contributed by atoms with Gasteiger partial charge in [-0.25, -0.2) is 18.3 Å². The van der Waals surface area contributed by atoms with E-state index < -0.39 is 29.8 Å². The largest absolute Gasteiger partial charge is 0.346 e. The highest BCUT2D eigenvalue weighted by molar-refractivity contribution is 5.92. The molecule has 2 aromatic rings. The summed E-state index contributed by atoms with van der Waals surface area (Å²) in [5, 5.41) is 6.27. The van der Waals surface area contributed by atoms with Crippen LogP contribution < -0.4 is 11.0 Å². The summed E-state index contributed by atoms with van der Waals surface area (Å²) in [6.07, 6.45) is 0. The Morgan fingerprint density at radius 1 is 1.24 bits per heavy atom. The first-order valence-electron chi connectivity index (χ1n) is 7.62. The Kier molecular flexibility index (Phi) is 4.34. The van der Waals surface area contributed by atoms with Crippen LogP contribution in [-0.4, -0.2) is 44.2 Å². The Morgan fingerprint density at radius 3 is 2.68 bits per heavy atom. The Labute approximate surface area is 140 Å². The molecule has 1 aliphatic heterocycles. The van der Waals surface area contributed by atoms with Gasteiger partial charge < -0.3 is 10.2 Å². The van der Waals surface area contributed by atoms with Crippen molar-refractivity contribution in [3.8, 4) is 0 Å². The van der Waals surface area contributed by atoms with Gasteiger partial charge in [0, 0.05) is 31.4 Å². The summed E-state index contributed by atoms with van der Waals surface area (Å²) in [6, 6.07) is 2.90. The molecule has 1 aromatic heterocycles. The standard InChI is InChI=1S/C15H15F2N5O3/c1-2-20-5-6-21-13(14(20)24)19-22(15(21)25)8-12(23)18-9-3-4-10(16)11(17)7-9/h3-4,7H,2,5-6,8H2,1H3,(H,18,23). The molecule has 1 aromatic carbocycles. The van der Waals surface area contributed by atoms with E-state index in [0.29, 0.717) is 19.6 Å². The molecular formula is C15H15F2N5O3. The van der Waals surface area contributed by atoms with Crippen LogP contribution >= 0.6 is 0 Å². The average molecular weight is 351 g/mol. The lowest BCUT2D eigenvalue weighted by Crippen LogP contribution is -2.42. The molecule has 1 N–H and O–H groups in total. The Bertz CT molecular complexity index is 905. The summed E-state index contributed by atoms with van der Waals surface area (Å²) in [6.45, 7) is 2.57. The van der Waals surface area contributed by atoms with Crippen molar-refractivity contribution in [3.63, 3.8) is 0 Å². The van der Waals surface area contributed by atoms with Crippen molar-refractivity contribution < 1.29 is 18.4 Å². The molecule has 0 saturated heterocycles. The number of aromatic nitrogens is 3. The zero-order valence-corrected chi connectivity index (χ0v) is 13.3. The van der Waals surface area contributed by atoms with Crippen molar-refractivity contribution in [3.05, 3.63) is 46.1 Å². The minimum atomic E-state index is -1.10. The first-order chi connectivity index (χ1) is 11.9. The van der Waals surface area contributed by atoms with Crippen LogP contribution in [0, 0.1) is 11.6 Å². The average Bonchev–Trinajstić information content (AvgIpc) is 2.89. The molecule has 25 heavy (non-hydrogen) atoms. The second kappa shape index (κ2) is 6.46. The number of benzene rings is 1. The maximum atomic E-state index is 13.1. The quantitative estimate of drug-likeness (QED) is 0.866. The highest BCUT2D eigenvalue weighted by Crippen LogP contribution is 2.13. The van der Waals surface area contributed by atoms with E-state index in [4.69, 9.17) is 0 Å². The van der Waals surface area contributed by atoms with Crippen molar-refractivity contribution in [1.29, 1.82) is 0 Å². The van der Waals surface area contributed by atoms with Crippen LogP contribution in [0.15, 0.2) is 23.0 Å². The number of nitrogens with zero attached hydrogens (tertiary/aromatic N) is 4. The van der Waals surface area contributed by atoms with Gasteiger partial charge >= 0.3 is 5.69 Å². The summed E-state index contributed by atoms with van der Waals surface area (Å²) in [4.78, 5) is 38.0. The molecule has 0 saturated carbocycles. The van der Waals surface area contributed by atoms with Gasteiger partial charge in [0.1, 0.15) is 6.54 Å². The van der Waals surface area contributed by atoms with E-state index in [1.807, 2.05) is 6.92 Å². The zero-order valence-electron chi connectivity index (χ0n) is 13.3. The molecule has 2 amide bonds. The van der Waals surface area contributed by atoms with Gasteiger partial charge in [-0.15, -0.1) is 5.10 Å². The number of anilines is 1. The fourth-order valence-electron chi connectivity index (χ4n) is 2.58. The number of fused-ring (bicyclic) bond motifs is 1. The van der Waals surface area contributed by atoms with Crippen molar-refractivity contribution in [2.75, 3.05) is 18.4 Å². The van der Waals surface area contributed by atoms with Crippen molar-refractivity contribution >= 4 is 17.5 Å². The number of rotatable bonds is 4. The maximum Gasteiger partial charge on any atom is 0.346 e. The molecule has 0 spiro atoms. The van der Waals surface area contributed by atoms with Crippen molar-refractivity contribution in [2.24, 2.45) is 0 Å². The second-order valence-electron chi connectivity index (χ2n) is 5.48. The third-order valence-corrected chi connectivity index (χ3v) is 3.87. The van der Waals surface area contributed by atoms with E-state index in [-0.39, 0.29) is 17.4 Å². The molecule has 0 atom stereocenters. The monoisotopic (exact) mass is 351 g/mol. The number of carbonyl (C=O) groups is 2. The first-order valence-corrected chi connectivity index (χ1v) is 7.62. The SMILES string of the molecule is CCN1CCn2c(nn(CC(=O)Nc3ccc(F)c(F)c3)c2=O)C1=O.